The zero-order valence-corrected chi connectivity index (χ0v) is 15.2. The highest BCUT2D eigenvalue weighted by Crippen LogP contribution is 2.42. The van der Waals surface area contributed by atoms with Gasteiger partial charge in [0, 0.05) is 17.4 Å². The number of carbonyl (C=O) groups excluding carboxylic acids is 1. The highest BCUT2D eigenvalue weighted by molar-refractivity contribution is 6.30. The van der Waals surface area contributed by atoms with Crippen molar-refractivity contribution in [1.82, 2.24) is 9.55 Å². The standard InChI is InChI=1S/C20H15ClF3N3O/c21-15-7-3-13(4-8-15)18-16(11-28)17(26-19-25-9-10-27(18)19)12-1-5-14(6-2-12)20(22,23)24/h1-11,16-18H,(H,25,26)/t16-,17-,18+/m0/s1. The predicted octanol–water partition coefficient (Wildman–Crippen LogP) is 5.13. The SMILES string of the molecule is O=C[C@@H]1[C@@H](c2ccc(Cl)cc2)n2ccnc2N[C@H]1c1ccc(C(F)(F)F)cc1. The van der Waals surface area contributed by atoms with Crippen molar-refractivity contribution in [3.05, 3.63) is 82.6 Å². The number of benzene rings is 2. The maximum Gasteiger partial charge on any atom is 0.416 e. The number of carbonyl (C=O) groups is 1. The lowest BCUT2D eigenvalue weighted by Crippen LogP contribution is -2.37. The van der Waals surface area contributed by atoms with Crippen LogP contribution in [0.4, 0.5) is 19.1 Å². The Hall–Kier alpha value is -2.80. The minimum absolute atomic E-state index is 0.360. The van der Waals surface area contributed by atoms with E-state index in [1.54, 1.807) is 24.5 Å². The molecule has 0 spiro atoms. The fourth-order valence-electron chi connectivity index (χ4n) is 3.63. The van der Waals surface area contributed by atoms with Crippen LogP contribution in [0, 0.1) is 5.92 Å². The lowest BCUT2D eigenvalue weighted by atomic mass is 9.83. The Balaban J connectivity index is 1.77. The summed E-state index contributed by atoms with van der Waals surface area (Å²) in [6.07, 6.45) is -0.203. The van der Waals surface area contributed by atoms with E-state index in [0.29, 0.717) is 16.5 Å². The number of halogens is 4. The number of hydrogen-bond donors (Lipinski definition) is 1. The molecule has 1 aromatic heterocycles. The van der Waals surface area contributed by atoms with E-state index in [2.05, 4.69) is 10.3 Å². The molecule has 0 saturated carbocycles. The summed E-state index contributed by atoms with van der Waals surface area (Å²) in [4.78, 5) is 16.4. The molecule has 0 unspecified atom stereocenters. The van der Waals surface area contributed by atoms with E-state index in [1.807, 2.05) is 16.7 Å². The van der Waals surface area contributed by atoms with E-state index >= 15 is 0 Å². The number of alkyl halides is 3. The number of aldehydes is 1. The van der Waals surface area contributed by atoms with Crippen LogP contribution in [0.3, 0.4) is 0 Å². The van der Waals surface area contributed by atoms with E-state index in [1.165, 1.54) is 12.1 Å². The Morgan fingerprint density at radius 3 is 2.29 bits per heavy atom. The van der Waals surface area contributed by atoms with E-state index < -0.39 is 23.7 Å². The molecule has 4 rings (SSSR count). The van der Waals surface area contributed by atoms with Crippen molar-refractivity contribution < 1.29 is 18.0 Å². The van der Waals surface area contributed by atoms with Gasteiger partial charge in [-0.15, -0.1) is 0 Å². The zero-order chi connectivity index (χ0) is 19.9. The maximum atomic E-state index is 12.9. The summed E-state index contributed by atoms with van der Waals surface area (Å²) in [5.41, 5.74) is 0.711. The topological polar surface area (TPSA) is 46.9 Å². The molecule has 28 heavy (non-hydrogen) atoms. The van der Waals surface area contributed by atoms with Gasteiger partial charge in [0.15, 0.2) is 0 Å². The number of imidazole rings is 1. The molecule has 0 bridgehead atoms. The number of fused-ring (bicyclic) bond motifs is 1. The number of nitrogens with zero attached hydrogens (tertiary/aromatic N) is 2. The van der Waals surface area contributed by atoms with Gasteiger partial charge in [0.25, 0.3) is 0 Å². The van der Waals surface area contributed by atoms with Gasteiger partial charge < -0.3 is 14.7 Å². The fourth-order valence-corrected chi connectivity index (χ4v) is 3.76. The van der Waals surface area contributed by atoms with E-state index in [0.717, 1.165) is 24.0 Å². The van der Waals surface area contributed by atoms with Gasteiger partial charge in [0.05, 0.1) is 23.6 Å². The van der Waals surface area contributed by atoms with Crippen LogP contribution in [0.2, 0.25) is 5.02 Å². The van der Waals surface area contributed by atoms with Crippen molar-refractivity contribution in [2.75, 3.05) is 5.32 Å². The highest BCUT2D eigenvalue weighted by atomic mass is 35.5. The van der Waals surface area contributed by atoms with E-state index in [9.17, 15) is 18.0 Å². The predicted molar refractivity (Wildman–Crippen MR) is 99.2 cm³/mol. The summed E-state index contributed by atoms with van der Waals surface area (Å²) in [6.45, 7) is 0. The molecule has 1 aliphatic rings. The van der Waals surface area contributed by atoms with Crippen LogP contribution in [-0.2, 0) is 11.0 Å². The summed E-state index contributed by atoms with van der Waals surface area (Å²) in [7, 11) is 0. The summed E-state index contributed by atoms with van der Waals surface area (Å²) < 4.78 is 40.5. The second-order valence-corrected chi connectivity index (χ2v) is 7.05. The zero-order valence-electron chi connectivity index (χ0n) is 14.4. The van der Waals surface area contributed by atoms with Crippen molar-refractivity contribution in [2.24, 2.45) is 5.92 Å². The van der Waals surface area contributed by atoms with Crippen LogP contribution < -0.4 is 5.32 Å². The minimum Gasteiger partial charge on any atom is -0.348 e. The minimum atomic E-state index is -4.41. The van der Waals surface area contributed by atoms with Gasteiger partial charge >= 0.3 is 6.18 Å². The van der Waals surface area contributed by atoms with Gasteiger partial charge in [-0.3, -0.25) is 0 Å². The molecule has 4 nitrogen and oxygen atoms in total. The third-order valence-corrected chi connectivity index (χ3v) is 5.22. The van der Waals surface area contributed by atoms with Crippen molar-refractivity contribution in [3.63, 3.8) is 0 Å². The summed E-state index contributed by atoms with van der Waals surface area (Å²) in [6, 6.07) is 11.1. The number of hydrogen-bond acceptors (Lipinski definition) is 3. The first-order chi connectivity index (χ1) is 13.4. The second-order valence-electron chi connectivity index (χ2n) is 6.61. The van der Waals surface area contributed by atoms with Crippen LogP contribution in [-0.4, -0.2) is 15.8 Å². The monoisotopic (exact) mass is 405 g/mol. The Labute approximate surface area is 164 Å². The van der Waals surface area contributed by atoms with Gasteiger partial charge in [0.2, 0.25) is 5.95 Å². The van der Waals surface area contributed by atoms with Crippen molar-refractivity contribution in [1.29, 1.82) is 0 Å². The average Bonchev–Trinajstić information content (AvgIpc) is 3.15. The molecule has 0 fully saturated rings. The summed E-state index contributed by atoms with van der Waals surface area (Å²) in [5, 5.41) is 3.75. The molecule has 3 aromatic rings. The molecule has 1 N–H and O–H groups in total. The first-order valence-corrected chi connectivity index (χ1v) is 8.93. The van der Waals surface area contributed by atoms with E-state index in [-0.39, 0.29) is 6.04 Å². The summed E-state index contributed by atoms with van der Waals surface area (Å²) >= 11 is 5.98. The normalized spacial score (nSPS) is 21.6. The molecule has 144 valence electrons. The summed E-state index contributed by atoms with van der Waals surface area (Å²) in [5.74, 6) is -0.0115. The Morgan fingerprint density at radius 1 is 1.04 bits per heavy atom. The third-order valence-electron chi connectivity index (χ3n) is 4.97. The molecular weight excluding hydrogens is 391 g/mol. The molecule has 1 aliphatic heterocycles. The van der Waals surface area contributed by atoms with Gasteiger partial charge in [-0.05, 0) is 35.4 Å². The first-order valence-electron chi connectivity index (χ1n) is 8.56. The van der Waals surface area contributed by atoms with Crippen LogP contribution in [0.15, 0.2) is 60.9 Å². The Morgan fingerprint density at radius 2 is 1.68 bits per heavy atom. The van der Waals surface area contributed by atoms with Gasteiger partial charge in [-0.2, -0.15) is 13.2 Å². The van der Waals surface area contributed by atoms with Gasteiger partial charge in [-0.25, -0.2) is 4.98 Å². The van der Waals surface area contributed by atoms with E-state index in [4.69, 9.17) is 11.6 Å². The van der Waals surface area contributed by atoms with Crippen LogP contribution in [0.5, 0.6) is 0 Å². The molecule has 0 aliphatic carbocycles. The van der Waals surface area contributed by atoms with Crippen molar-refractivity contribution in [3.8, 4) is 0 Å². The quantitative estimate of drug-likeness (QED) is 0.615. The van der Waals surface area contributed by atoms with Crippen molar-refractivity contribution >= 4 is 23.8 Å². The second kappa shape index (κ2) is 6.98. The number of nitrogens with one attached hydrogen (secondary N) is 1. The van der Waals surface area contributed by atoms with Gasteiger partial charge in [-0.1, -0.05) is 35.9 Å². The van der Waals surface area contributed by atoms with Crippen LogP contribution >= 0.6 is 11.6 Å². The van der Waals surface area contributed by atoms with Gasteiger partial charge in [0.1, 0.15) is 6.29 Å². The number of rotatable bonds is 3. The Bertz CT molecular complexity index is 983. The molecule has 3 atom stereocenters. The molecular formula is C20H15ClF3N3O. The maximum absolute atomic E-state index is 12.9. The Kier molecular flexibility index (Phi) is 4.63. The molecule has 2 aromatic carbocycles. The first kappa shape index (κ1) is 18.6. The smallest absolute Gasteiger partial charge is 0.348 e. The third kappa shape index (κ3) is 3.26. The largest absolute Gasteiger partial charge is 0.416 e. The molecule has 0 radical (unpaired) electrons. The lowest BCUT2D eigenvalue weighted by Gasteiger charge is -2.38. The molecule has 0 amide bonds. The highest BCUT2D eigenvalue weighted by Gasteiger charge is 2.39. The van der Waals surface area contributed by atoms with Crippen LogP contribution in [0.25, 0.3) is 0 Å². The lowest BCUT2D eigenvalue weighted by molar-refractivity contribution is -0.137. The number of anilines is 1. The molecule has 0 saturated heterocycles. The van der Waals surface area contributed by atoms with Crippen molar-refractivity contribution in [2.45, 2.75) is 18.3 Å². The number of aromatic nitrogens is 2. The molecule has 8 heteroatoms. The average molecular weight is 406 g/mol. The molecule has 2 heterocycles. The van der Waals surface area contributed by atoms with Crippen LogP contribution in [0.1, 0.15) is 28.8 Å². The fraction of sp³-hybridized carbons (Fsp3) is 0.200.